The van der Waals surface area contributed by atoms with Gasteiger partial charge in [0.1, 0.15) is 23.2 Å². The highest BCUT2D eigenvalue weighted by Crippen LogP contribution is 2.25. The Morgan fingerprint density at radius 3 is 2.93 bits per heavy atom. The lowest BCUT2D eigenvalue weighted by atomic mass is 10.1. The van der Waals surface area contributed by atoms with Gasteiger partial charge in [-0.2, -0.15) is 0 Å². The molecule has 15 heavy (non-hydrogen) atoms. The first-order chi connectivity index (χ1) is 7.33. The zero-order valence-electron chi connectivity index (χ0n) is 8.38. The minimum Gasteiger partial charge on any atom is -0.495 e. The van der Waals surface area contributed by atoms with Crippen LogP contribution in [0.4, 0.5) is 0 Å². The Morgan fingerprint density at radius 2 is 2.27 bits per heavy atom. The molecule has 2 rings (SSSR count). The lowest BCUT2D eigenvalue weighted by Crippen LogP contribution is -2.13. The summed E-state index contributed by atoms with van der Waals surface area (Å²) >= 11 is 0. The fourth-order valence-corrected chi connectivity index (χ4v) is 1.41. The summed E-state index contributed by atoms with van der Waals surface area (Å²) in [5.41, 5.74) is 6.68. The second kappa shape index (κ2) is 4.14. The molecule has 78 valence electrons. The van der Waals surface area contributed by atoms with E-state index in [-0.39, 0.29) is 0 Å². The maximum absolute atomic E-state index is 6.00. The quantitative estimate of drug-likeness (QED) is 0.827. The van der Waals surface area contributed by atoms with Crippen molar-refractivity contribution in [2.24, 2.45) is 5.73 Å². The molecular weight excluding hydrogens is 192 g/mol. The number of ether oxygens (including phenoxy) is 1. The van der Waals surface area contributed by atoms with E-state index >= 15 is 0 Å². The van der Waals surface area contributed by atoms with Crippen LogP contribution in [0.1, 0.15) is 17.5 Å². The lowest BCUT2D eigenvalue weighted by Gasteiger charge is -2.11. The number of nitrogens with two attached hydrogens (primary N) is 1. The van der Waals surface area contributed by atoms with Crippen molar-refractivity contribution in [3.8, 4) is 5.75 Å². The van der Waals surface area contributed by atoms with E-state index in [9.17, 15) is 0 Å². The Hall–Kier alpha value is -1.81. The second-order valence-corrected chi connectivity index (χ2v) is 3.08. The molecule has 0 spiro atoms. The van der Waals surface area contributed by atoms with E-state index in [1.54, 1.807) is 31.7 Å². The number of rotatable bonds is 3. The summed E-state index contributed by atoms with van der Waals surface area (Å²) in [6, 6.07) is 6.85. The number of furan rings is 1. The summed E-state index contributed by atoms with van der Waals surface area (Å²) < 4.78 is 10.4. The molecule has 2 N–H and O–H groups in total. The molecule has 2 aromatic rings. The van der Waals surface area contributed by atoms with Gasteiger partial charge in [0.15, 0.2) is 0 Å². The molecule has 4 heteroatoms. The highest BCUT2D eigenvalue weighted by atomic mass is 16.5. The predicted molar refractivity (Wildman–Crippen MR) is 55.5 cm³/mol. The zero-order chi connectivity index (χ0) is 10.7. The first-order valence-corrected chi connectivity index (χ1v) is 4.61. The van der Waals surface area contributed by atoms with E-state index < -0.39 is 6.04 Å². The fourth-order valence-electron chi connectivity index (χ4n) is 1.41. The average molecular weight is 204 g/mol. The second-order valence-electron chi connectivity index (χ2n) is 3.08. The standard InChI is InChI=1S/C11H12N2O2/c1-14-9-4-2-6-13-11(9)10(12)8-5-3-7-15-8/h2-7,10H,12H2,1H3. The van der Waals surface area contributed by atoms with Crippen molar-refractivity contribution in [1.82, 2.24) is 4.98 Å². The highest BCUT2D eigenvalue weighted by molar-refractivity contribution is 5.33. The molecule has 0 aromatic carbocycles. The molecule has 0 aliphatic rings. The van der Waals surface area contributed by atoms with Crippen LogP contribution in [-0.2, 0) is 0 Å². The van der Waals surface area contributed by atoms with Gasteiger partial charge in [-0.1, -0.05) is 0 Å². The molecule has 1 unspecified atom stereocenters. The van der Waals surface area contributed by atoms with Crippen LogP contribution in [0.5, 0.6) is 5.75 Å². The maximum Gasteiger partial charge on any atom is 0.142 e. The highest BCUT2D eigenvalue weighted by Gasteiger charge is 2.17. The maximum atomic E-state index is 6.00. The molecule has 4 nitrogen and oxygen atoms in total. The van der Waals surface area contributed by atoms with Gasteiger partial charge in [-0.25, -0.2) is 0 Å². The molecule has 0 aliphatic carbocycles. The van der Waals surface area contributed by atoms with Gasteiger partial charge < -0.3 is 14.9 Å². The summed E-state index contributed by atoms with van der Waals surface area (Å²) in [6.45, 7) is 0. The number of nitrogens with zero attached hydrogens (tertiary/aromatic N) is 1. The molecule has 2 aromatic heterocycles. The average Bonchev–Trinajstić information content (AvgIpc) is 2.81. The van der Waals surface area contributed by atoms with Crippen LogP contribution in [0.25, 0.3) is 0 Å². The Balaban J connectivity index is 2.37. The monoisotopic (exact) mass is 204 g/mol. The van der Waals surface area contributed by atoms with Crippen LogP contribution in [0, 0.1) is 0 Å². The first-order valence-electron chi connectivity index (χ1n) is 4.61. The Bertz CT molecular complexity index is 426. The Morgan fingerprint density at radius 1 is 1.40 bits per heavy atom. The van der Waals surface area contributed by atoms with Crippen LogP contribution in [0.2, 0.25) is 0 Å². The Labute approximate surface area is 87.7 Å². The molecule has 0 amide bonds. The minimum absolute atomic E-state index is 0.392. The van der Waals surface area contributed by atoms with Crippen molar-refractivity contribution in [3.05, 3.63) is 48.2 Å². The van der Waals surface area contributed by atoms with E-state index in [0.717, 1.165) is 0 Å². The molecule has 2 heterocycles. The van der Waals surface area contributed by atoms with Gasteiger partial charge in [0.05, 0.1) is 13.4 Å². The van der Waals surface area contributed by atoms with Crippen molar-refractivity contribution >= 4 is 0 Å². The molecule has 0 saturated carbocycles. The lowest BCUT2D eigenvalue weighted by molar-refractivity contribution is 0.399. The van der Waals surface area contributed by atoms with Crippen LogP contribution >= 0.6 is 0 Å². The SMILES string of the molecule is COc1cccnc1C(N)c1ccco1. The molecule has 1 atom stereocenters. The summed E-state index contributed by atoms with van der Waals surface area (Å²) in [7, 11) is 1.59. The minimum atomic E-state index is -0.392. The number of hydrogen-bond acceptors (Lipinski definition) is 4. The first kappa shape index (κ1) is 9.73. The number of aromatic nitrogens is 1. The smallest absolute Gasteiger partial charge is 0.142 e. The molecular formula is C11H12N2O2. The van der Waals surface area contributed by atoms with Gasteiger partial charge in [-0.05, 0) is 24.3 Å². The van der Waals surface area contributed by atoms with Crippen LogP contribution < -0.4 is 10.5 Å². The third kappa shape index (κ3) is 1.85. The van der Waals surface area contributed by atoms with Crippen molar-refractivity contribution in [2.45, 2.75) is 6.04 Å². The van der Waals surface area contributed by atoms with Crippen molar-refractivity contribution in [3.63, 3.8) is 0 Å². The number of pyridine rings is 1. The van der Waals surface area contributed by atoms with Crippen LogP contribution in [-0.4, -0.2) is 12.1 Å². The van der Waals surface area contributed by atoms with Gasteiger partial charge >= 0.3 is 0 Å². The van der Waals surface area contributed by atoms with Crippen molar-refractivity contribution in [2.75, 3.05) is 7.11 Å². The zero-order valence-corrected chi connectivity index (χ0v) is 8.38. The van der Waals surface area contributed by atoms with Crippen molar-refractivity contribution < 1.29 is 9.15 Å². The van der Waals surface area contributed by atoms with E-state index in [2.05, 4.69) is 4.98 Å². The molecule has 0 radical (unpaired) electrons. The van der Waals surface area contributed by atoms with Gasteiger partial charge in [-0.3, -0.25) is 4.98 Å². The summed E-state index contributed by atoms with van der Waals surface area (Å²) in [6.07, 6.45) is 3.27. The Kier molecular flexibility index (Phi) is 2.69. The number of hydrogen-bond donors (Lipinski definition) is 1. The van der Waals surface area contributed by atoms with Crippen LogP contribution in [0.3, 0.4) is 0 Å². The fraction of sp³-hybridized carbons (Fsp3) is 0.182. The number of methoxy groups -OCH3 is 1. The molecule has 0 saturated heterocycles. The van der Waals surface area contributed by atoms with E-state index in [1.165, 1.54) is 0 Å². The van der Waals surface area contributed by atoms with E-state index in [0.29, 0.717) is 17.2 Å². The van der Waals surface area contributed by atoms with Gasteiger partial charge in [0, 0.05) is 6.20 Å². The van der Waals surface area contributed by atoms with Gasteiger partial charge in [-0.15, -0.1) is 0 Å². The molecule has 0 bridgehead atoms. The summed E-state index contributed by atoms with van der Waals surface area (Å²) in [4.78, 5) is 4.20. The van der Waals surface area contributed by atoms with E-state index in [4.69, 9.17) is 14.9 Å². The van der Waals surface area contributed by atoms with Gasteiger partial charge in [0.2, 0.25) is 0 Å². The topological polar surface area (TPSA) is 61.3 Å². The summed E-state index contributed by atoms with van der Waals surface area (Å²) in [5, 5.41) is 0. The third-order valence-electron chi connectivity index (χ3n) is 2.16. The third-order valence-corrected chi connectivity index (χ3v) is 2.16. The normalized spacial score (nSPS) is 12.4. The largest absolute Gasteiger partial charge is 0.495 e. The van der Waals surface area contributed by atoms with Crippen LogP contribution in [0.15, 0.2) is 41.1 Å². The van der Waals surface area contributed by atoms with Gasteiger partial charge in [0.25, 0.3) is 0 Å². The molecule has 0 fully saturated rings. The van der Waals surface area contributed by atoms with Crippen molar-refractivity contribution in [1.29, 1.82) is 0 Å². The molecule has 0 aliphatic heterocycles. The van der Waals surface area contributed by atoms with E-state index in [1.807, 2.05) is 12.1 Å². The summed E-state index contributed by atoms with van der Waals surface area (Å²) in [5.74, 6) is 1.34. The predicted octanol–water partition coefficient (Wildman–Crippen LogP) is 1.73.